The second-order valence-electron chi connectivity index (χ2n) is 5.75. The molecule has 0 amide bonds. The first kappa shape index (κ1) is 15.8. The van der Waals surface area contributed by atoms with Crippen molar-refractivity contribution >= 4 is 0 Å². The van der Waals surface area contributed by atoms with Crippen molar-refractivity contribution in [1.29, 1.82) is 0 Å². The molecule has 2 aromatic rings. The smallest absolute Gasteiger partial charge is 0.223 e. The molecular formula is C18H21NO4. The number of hydrogen-bond donors (Lipinski definition) is 1. The molecule has 0 radical (unpaired) electrons. The molecular weight excluding hydrogens is 294 g/mol. The fourth-order valence-corrected chi connectivity index (χ4v) is 2.87. The van der Waals surface area contributed by atoms with Gasteiger partial charge in [-0.1, -0.05) is 30.3 Å². The molecule has 0 aliphatic carbocycles. The third kappa shape index (κ3) is 3.46. The molecule has 23 heavy (non-hydrogen) atoms. The number of rotatable bonds is 5. The highest BCUT2D eigenvalue weighted by molar-refractivity contribution is 5.28. The van der Waals surface area contributed by atoms with Gasteiger partial charge in [0.05, 0.1) is 18.4 Å². The minimum Gasteiger partial charge on any atom is -0.483 e. The third-order valence-electron chi connectivity index (χ3n) is 4.15. The van der Waals surface area contributed by atoms with Crippen LogP contribution in [-0.2, 0) is 11.3 Å². The Balaban J connectivity index is 1.80. The van der Waals surface area contributed by atoms with Crippen LogP contribution in [0.4, 0.5) is 0 Å². The van der Waals surface area contributed by atoms with E-state index in [1.807, 2.05) is 41.8 Å². The van der Waals surface area contributed by atoms with Crippen LogP contribution in [0.1, 0.15) is 30.3 Å². The minimum atomic E-state index is -0.160. The van der Waals surface area contributed by atoms with E-state index in [2.05, 4.69) is 0 Å². The maximum atomic E-state index is 12.1. The molecule has 5 nitrogen and oxygen atoms in total. The Morgan fingerprint density at radius 3 is 2.74 bits per heavy atom. The first-order chi connectivity index (χ1) is 11.2. The van der Waals surface area contributed by atoms with Crippen LogP contribution in [0.15, 0.2) is 47.4 Å². The number of pyridine rings is 1. The van der Waals surface area contributed by atoms with Crippen molar-refractivity contribution in [2.75, 3.05) is 6.61 Å². The lowest BCUT2D eigenvalue weighted by Crippen LogP contribution is -2.19. The molecule has 1 aliphatic rings. The van der Waals surface area contributed by atoms with Crippen molar-refractivity contribution in [3.63, 3.8) is 0 Å². The molecule has 2 atom stereocenters. The summed E-state index contributed by atoms with van der Waals surface area (Å²) in [6.45, 7) is 2.23. The van der Waals surface area contributed by atoms with Crippen LogP contribution in [0, 0.1) is 6.92 Å². The summed E-state index contributed by atoms with van der Waals surface area (Å²) in [7, 11) is 0. The van der Waals surface area contributed by atoms with Gasteiger partial charge in [-0.3, -0.25) is 4.79 Å². The molecule has 0 bridgehead atoms. The molecule has 1 saturated heterocycles. The maximum Gasteiger partial charge on any atom is 0.223 e. The number of nitrogens with zero attached hydrogens (tertiary/aromatic N) is 1. The van der Waals surface area contributed by atoms with Crippen LogP contribution in [-0.4, -0.2) is 22.4 Å². The second kappa shape index (κ2) is 6.98. The fourth-order valence-electron chi connectivity index (χ4n) is 2.87. The van der Waals surface area contributed by atoms with Gasteiger partial charge in [-0.2, -0.15) is 0 Å². The average molecular weight is 315 g/mol. The predicted molar refractivity (Wildman–Crippen MR) is 86.4 cm³/mol. The van der Waals surface area contributed by atoms with Gasteiger partial charge < -0.3 is 19.1 Å². The molecule has 1 N–H and O–H groups in total. The molecule has 122 valence electrons. The summed E-state index contributed by atoms with van der Waals surface area (Å²) in [5, 5.41) is 9.20. The molecule has 0 unspecified atom stereocenters. The van der Waals surface area contributed by atoms with Gasteiger partial charge in [-0.15, -0.1) is 0 Å². The summed E-state index contributed by atoms with van der Waals surface area (Å²) in [5.74, 6) is 0.354. The van der Waals surface area contributed by atoms with Crippen LogP contribution in [0.2, 0.25) is 0 Å². The quantitative estimate of drug-likeness (QED) is 0.920. The van der Waals surface area contributed by atoms with Gasteiger partial charge in [-0.05, 0) is 25.3 Å². The van der Waals surface area contributed by atoms with Crippen LogP contribution in [0.25, 0.3) is 0 Å². The van der Waals surface area contributed by atoms with Crippen molar-refractivity contribution in [1.82, 2.24) is 4.57 Å². The molecule has 0 saturated carbocycles. The Morgan fingerprint density at radius 2 is 2.04 bits per heavy atom. The van der Waals surface area contributed by atoms with E-state index < -0.39 is 0 Å². The Hall–Kier alpha value is -2.11. The van der Waals surface area contributed by atoms with E-state index in [0.29, 0.717) is 12.4 Å². The molecule has 1 fully saturated rings. The van der Waals surface area contributed by atoms with E-state index in [1.165, 1.54) is 6.07 Å². The van der Waals surface area contributed by atoms with Gasteiger partial charge in [0, 0.05) is 12.3 Å². The first-order valence-corrected chi connectivity index (χ1v) is 7.84. The van der Waals surface area contributed by atoms with Crippen LogP contribution >= 0.6 is 0 Å². The number of benzene rings is 1. The Bertz CT molecular complexity index is 711. The van der Waals surface area contributed by atoms with Crippen molar-refractivity contribution in [2.24, 2.45) is 0 Å². The SMILES string of the molecule is Cc1c(OCc2ccccc2)c(=O)ccn1[C@@H]1CC[C@@H](CO)O1. The molecule has 0 spiro atoms. The molecule has 1 aliphatic heterocycles. The van der Waals surface area contributed by atoms with E-state index in [-0.39, 0.29) is 24.4 Å². The normalized spacial score (nSPS) is 20.6. The summed E-state index contributed by atoms with van der Waals surface area (Å²) < 4.78 is 13.5. The van der Waals surface area contributed by atoms with Crippen LogP contribution in [0.5, 0.6) is 5.75 Å². The lowest BCUT2D eigenvalue weighted by Gasteiger charge is -2.20. The number of ether oxygens (including phenoxy) is 2. The van der Waals surface area contributed by atoms with Gasteiger partial charge in [0.15, 0.2) is 5.75 Å². The van der Waals surface area contributed by atoms with Gasteiger partial charge in [0.25, 0.3) is 0 Å². The summed E-state index contributed by atoms with van der Waals surface area (Å²) >= 11 is 0. The maximum absolute atomic E-state index is 12.1. The highest BCUT2D eigenvalue weighted by atomic mass is 16.5. The van der Waals surface area contributed by atoms with Crippen molar-refractivity contribution < 1.29 is 14.6 Å². The molecule has 1 aromatic carbocycles. The van der Waals surface area contributed by atoms with Gasteiger partial charge in [-0.25, -0.2) is 0 Å². The third-order valence-corrected chi connectivity index (χ3v) is 4.15. The highest BCUT2D eigenvalue weighted by Gasteiger charge is 2.27. The van der Waals surface area contributed by atoms with Crippen LogP contribution < -0.4 is 10.2 Å². The van der Waals surface area contributed by atoms with E-state index >= 15 is 0 Å². The summed E-state index contributed by atoms with van der Waals surface area (Å²) in [4.78, 5) is 12.1. The second-order valence-corrected chi connectivity index (χ2v) is 5.75. The van der Waals surface area contributed by atoms with Crippen LogP contribution in [0.3, 0.4) is 0 Å². The molecule has 1 aromatic heterocycles. The van der Waals surface area contributed by atoms with E-state index in [9.17, 15) is 9.90 Å². The summed E-state index contributed by atoms with van der Waals surface area (Å²) in [6, 6.07) is 11.3. The summed E-state index contributed by atoms with van der Waals surface area (Å²) in [5.41, 5.74) is 1.63. The molecule has 3 rings (SSSR count). The highest BCUT2D eigenvalue weighted by Crippen LogP contribution is 2.30. The number of hydrogen-bond acceptors (Lipinski definition) is 4. The van der Waals surface area contributed by atoms with Gasteiger partial charge >= 0.3 is 0 Å². The number of aromatic nitrogens is 1. The number of aliphatic hydroxyl groups is 1. The number of aliphatic hydroxyl groups excluding tert-OH is 1. The lowest BCUT2D eigenvalue weighted by atomic mass is 10.2. The zero-order valence-corrected chi connectivity index (χ0v) is 13.1. The molecule has 5 heteroatoms. The van der Waals surface area contributed by atoms with E-state index in [0.717, 1.165) is 24.1 Å². The molecule has 2 heterocycles. The Labute approximate surface area is 135 Å². The van der Waals surface area contributed by atoms with E-state index in [4.69, 9.17) is 9.47 Å². The van der Waals surface area contributed by atoms with Crippen molar-refractivity contribution in [2.45, 2.75) is 38.7 Å². The largest absolute Gasteiger partial charge is 0.483 e. The fraction of sp³-hybridized carbons (Fsp3) is 0.389. The van der Waals surface area contributed by atoms with E-state index in [1.54, 1.807) is 6.20 Å². The van der Waals surface area contributed by atoms with Gasteiger partial charge in [0.1, 0.15) is 12.8 Å². The van der Waals surface area contributed by atoms with Crippen molar-refractivity contribution in [3.8, 4) is 5.75 Å². The standard InChI is InChI=1S/C18H21NO4/c1-13-18(22-12-14-5-3-2-4-6-14)16(21)9-10-19(13)17-8-7-15(11-20)23-17/h2-6,9-10,15,17,20H,7-8,11-12H2,1H3/t15-,17-/m0/s1. The monoisotopic (exact) mass is 315 g/mol. The summed E-state index contributed by atoms with van der Waals surface area (Å²) in [6.07, 6.45) is 3.07. The van der Waals surface area contributed by atoms with Gasteiger partial charge in [0.2, 0.25) is 5.43 Å². The average Bonchev–Trinajstić information content (AvgIpc) is 3.04. The Morgan fingerprint density at radius 1 is 1.26 bits per heavy atom. The predicted octanol–water partition coefficient (Wildman–Crippen LogP) is 2.41. The minimum absolute atomic E-state index is 0.0209. The lowest BCUT2D eigenvalue weighted by molar-refractivity contribution is -0.0238. The van der Waals surface area contributed by atoms with Crippen molar-refractivity contribution in [3.05, 3.63) is 64.1 Å². The zero-order valence-electron chi connectivity index (χ0n) is 13.1. The first-order valence-electron chi connectivity index (χ1n) is 7.84. The Kier molecular flexibility index (Phi) is 4.79. The zero-order chi connectivity index (χ0) is 16.2. The topological polar surface area (TPSA) is 60.7 Å².